The first-order chi connectivity index (χ1) is 7.49. The Kier molecular flexibility index (Phi) is 4.04. The molecular weight excluding hydrogens is 235 g/mol. The van der Waals surface area contributed by atoms with Gasteiger partial charge in [0, 0.05) is 10.6 Å². The molecule has 1 N–H and O–H groups in total. The first-order valence-electron chi connectivity index (χ1n) is 4.38. The highest BCUT2D eigenvalue weighted by Crippen LogP contribution is 2.30. The Morgan fingerprint density at radius 3 is 2.75 bits per heavy atom. The molecule has 0 radical (unpaired) electrons. The number of hydrogen-bond acceptors (Lipinski definition) is 3. The van der Waals surface area contributed by atoms with Gasteiger partial charge >= 0.3 is 5.97 Å². The van der Waals surface area contributed by atoms with E-state index in [1.54, 1.807) is 0 Å². The Bertz CT molecular complexity index is 411. The predicted octanol–water partition coefficient (Wildman–Crippen LogP) is 2.24. The summed E-state index contributed by atoms with van der Waals surface area (Å²) in [5.41, 5.74) is -0.450. The monoisotopic (exact) mass is 244 g/mol. The predicted molar refractivity (Wildman–Crippen MR) is 57.5 cm³/mol. The van der Waals surface area contributed by atoms with Gasteiger partial charge in [-0.3, -0.25) is 0 Å². The van der Waals surface area contributed by atoms with Crippen molar-refractivity contribution in [3.63, 3.8) is 0 Å². The van der Waals surface area contributed by atoms with Crippen LogP contribution in [-0.4, -0.2) is 18.2 Å². The summed E-state index contributed by atoms with van der Waals surface area (Å²) in [4.78, 5) is 11.1. The number of esters is 1. The molecule has 0 bridgehead atoms. The zero-order valence-electron chi connectivity index (χ0n) is 8.54. The number of halogens is 2. The van der Waals surface area contributed by atoms with Crippen LogP contribution in [0.1, 0.15) is 11.7 Å². The van der Waals surface area contributed by atoms with Gasteiger partial charge in [0.05, 0.1) is 12.7 Å². The third-order valence-electron chi connectivity index (χ3n) is 2.05. The normalized spacial score (nSPS) is 12.0. The van der Waals surface area contributed by atoms with Crippen molar-refractivity contribution < 1.29 is 19.0 Å². The minimum absolute atomic E-state index is 0.0255. The fourth-order valence-corrected chi connectivity index (χ4v) is 1.46. The highest BCUT2D eigenvalue weighted by Gasteiger charge is 2.23. The molecule has 0 heterocycles. The number of aliphatic hydroxyl groups is 1. The van der Waals surface area contributed by atoms with Crippen molar-refractivity contribution >= 4 is 17.6 Å². The summed E-state index contributed by atoms with van der Waals surface area (Å²) in [6.07, 6.45) is -1.51. The van der Waals surface area contributed by atoms with E-state index in [0.717, 1.165) is 13.2 Å². The summed E-state index contributed by atoms with van der Waals surface area (Å²) in [7, 11) is 1.14. The highest BCUT2D eigenvalue weighted by atomic mass is 35.5. The van der Waals surface area contributed by atoms with Crippen LogP contribution < -0.4 is 0 Å². The molecule has 16 heavy (non-hydrogen) atoms. The molecule has 1 aromatic carbocycles. The number of aliphatic hydroxyl groups excluding tert-OH is 1. The van der Waals surface area contributed by atoms with Crippen LogP contribution in [0.3, 0.4) is 0 Å². The van der Waals surface area contributed by atoms with E-state index in [2.05, 4.69) is 11.3 Å². The van der Waals surface area contributed by atoms with Crippen LogP contribution in [0.2, 0.25) is 5.02 Å². The van der Waals surface area contributed by atoms with Crippen molar-refractivity contribution in [2.24, 2.45) is 0 Å². The molecule has 0 aliphatic rings. The van der Waals surface area contributed by atoms with E-state index in [1.165, 1.54) is 12.1 Å². The van der Waals surface area contributed by atoms with Crippen molar-refractivity contribution in [2.45, 2.75) is 6.10 Å². The van der Waals surface area contributed by atoms with Gasteiger partial charge in [0.25, 0.3) is 0 Å². The van der Waals surface area contributed by atoms with Crippen LogP contribution >= 0.6 is 11.6 Å². The molecule has 0 spiro atoms. The molecule has 0 amide bonds. The molecule has 0 saturated carbocycles. The number of carbonyl (C=O) groups excluding carboxylic acids is 1. The smallest absolute Gasteiger partial charge is 0.336 e. The van der Waals surface area contributed by atoms with Crippen molar-refractivity contribution in [3.05, 3.63) is 46.8 Å². The molecule has 3 nitrogen and oxygen atoms in total. The van der Waals surface area contributed by atoms with Gasteiger partial charge in [-0.2, -0.15) is 0 Å². The van der Waals surface area contributed by atoms with E-state index in [-0.39, 0.29) is 16.2 Å². The number of ether oxygens (including phenoxy) is 1. The van der Waals surface area contributed by atoms with Crippen LogP contribution in [-0.2, 0) is 9.53 Å². The average molecular weight is 245 g/mol. The van der Waals surface area contributed by atoms with Gasteiger partial charge in [-0.25, -0.2) is 9.18 Å². The molecule has 5 heteroatoms. The van der Waals surface area contributed by atoms with E-state index in [0.29, 0.717) is 0 Å². The maximum absolute atomic E-state index is 13.4. The molecule has 0 saturated heterocycles. The summed E-state index contributed by atoms with van der Waals surface area (Å²) in [6, 6.07) is 3.94. The van der Waals surface area contributed by atoms with Gasteiger partial charge in [-0.15, -0.1) is 0 Å². The molecule has 0 fully saturated rings. The summed E-state index contributed by atoms with van der Waals surface area (Å²) >= 11 is 5.72. The third-order valence-corrected chi connectivity index (χ3v) is 2.38. The Labute approximate surface area is 97.1 Å². The second-order valence-electron chi connectivity index (χ2n) is 3.05. The molecule has 1 aromatic rings. The zero-order valence-corrected chi connectivity index (χ0v) is 9.29. The van der Waals surface area contributed by atoms with Crippen LogP contribution in [0.25, 0.3) is 0 Å². The Morgan fingerprint density at radius 1 is 1.62 bits per heavy atom. The van der Waals surface area contributed by atoms with Crippen LogP contribution in [0.5, 0.6) is 0 Å². The van der Waals surface area contributed by atoms with E-state index < -0.39 is 17.9 Å². The number of hydrogen-bond donors (Lipinski definition) is 1. The molecule has 1 rings (SSSR count). The molecule has 86 valence electrons. The first-order valence-corrected chi connectivity index (χ1v) is 4.76. The number of methoxy groups -OCH3 is 1. The summed E-state index contributed by atoms with van der Waals surface area (Å²) in [5.74, 6) is -1.52. The Morgan fingerprint density at radius 2 is 2.25 bits per heavy atom. The highest BCUT2D eigenvalue weighted by molar-refractivity contribution is 6.31. The maximum Gasteiger partial charge on any atom is 0.336 e. The van der Waals surface area contributed by atoms with Gasteiger partial charge in [-0.05, 0) is 12.1 Å². The molecule has 0 aliphatic carbocycles. The lowest BCUT2D eigenvalue weighted by molar-refractivity contribution is -0.137. The molecule has 1 atom stereocenters. The molecular formula is C11H10ClFO3. The zero-order chi connectivity index (χ0) is 12.3. The summed E-state index contributed by atoms with van der Waals surface area (Å²) in [6.45, 7) is 3.33. The summed E-state index contributed by atoms with van der Waals surface area (Å²) < 4.78 is 17.8. The Hall–Kier alpha value is -1.39. The first kappa shape index (κ1) is 12.7. The fourth-order valence-electron chi connectivity index (χ4n) is 1.19. The van der Waals surface area contributed by atoms with Crippen molar-refractivity contribution in [2.75, 3.05) is 7.11 Å². The van der Waals surface area contributed by atoms with Crippen LogP contribution in [0.15, 0.2) is 30.4 Å². The van der Waals surface area contributed by atoms with Gasteiger partial charge in [0.1, 0.15) is 11.9 Å². The lowest BCUT2D eigenvalue weighted by Gasteiger charge is -2.14. The van der Waals surface area contributed by atoms with E-state index >= 15 is 0 Å². The lowest BCUT2D eigenvalue weighted by atomic mass is 10.0. The SMILES string of the molecule is C=C(C(=O)OC)C(O)c1c(F)cccc1Cl. The second kappa shape index (κ2) is 5.09. The standard InChI is InChI=1S/C11H10ClFO3/c1-6(11(15)16-2)10(14)9-7(12)4-3-5-8(9)13/h3-5,10,14H,1H2,2H3. The van der Waals surface area contributed by atoms with Gasteiger partial charge in [0.15, 0.2) is 0 Å². The number of rotatable bonds is 3. The number of carbonyl (C=O) groups is 1. The van der Waals surface area contributed by atoms with E-state index in [9.17, 15) is 14.3 Å². The van der Waals surface area contributed by atoms with Crippen LogP contribution in [0, 0.1) is 5.82 Å². The minimum Gasteiger partial charge on any atom is -0.466 e. The average Bonchev–Trinajstić information content (AvgIpc) is 2.26. The molecule has 1 unspecified atom stereocenters. The number of benzene rings is 1. The Balaban J connectivity index is 3.10. The quantitative estimate of drug-likeness (QED) is 0.655. The van der Waals surface area contributed by atoms with Crippen molar-refractivity contribution in [3.8, 4) is 0 Å². The fraction of sp³-hybridized carbons (Fsp3) is 0.182. The van der Waals surface area contributed by atoms with Crippen LogP contribution in [0.4, 0.5) is 4.39 Å². The molecule has 0 aromatic heterocycles. The van der Waals surface area contributed by atoms with Gasteiger partial charge in [0.2, 0.25) is 0 Å². The van der Waals surface area contributed by atoms with E-state index in [1.807, 2.05) is 0 Å². The largest absolute Gasteiger partial charge is 0.466 e. The van der Waals surface area contributed by atoms with Gasteiger partial charge in [-0.1, -0.05) is 24.2 Å². The van der Waals surface area contributed by atoms with Gasteiger partial charge < -0.3 is 9.84 Å². The van der Waals surface area contributed by atoms with Crippen molar-refractivity contribution in [1.82, 2.24) is 0 Å². The topological polar surface area (TPSA) is 46.5 Å². The lowest BCUT2D eigenvalue weighted by Crippen LogP contribution is -2.13. The van der Waals surface area contributed by atoms with E-state index in [4.69, 9.17) is 11.6 Å². The maximum atomic E-state index is 13.4. The minimum atomic E-state index is -1.51. The third kappa shape index (κ3) is 2.40. The summed E-state index contributed by atoms with van der Waals surface area (Å²) in [5, 5.41) is 9.75. The second-order valence-corrected chi connectivity index (χ2v) is 3.46. The van der Waals surface area contributed by atoms with Crippen molar-refractivity contribution in [1.29, 1.82) is 0 Å². The molecule has 0 aliphatic heterocycles.